The summed E-state index contributed by atoms with van der Waals surface area (Å²) in [6.07, 6.45) is 9.00. The lowest BCUT2D eigenvalue weighted by atomic mass is 10.2. The van der Waals surface area contributed by atoms with E-state index in [-0.39, 0.29) is 0 Å². The number of imidazole rings is 1. The lowest BCUT2D eigenvalue weighted by Gasteiger charge is -2.00. The van der Waals surface area contributed by atoms with Gasteiger partial charge in [0.25, 0.3) is 0 Å². The van der Waals surface area contributed by atoms with E-state index < -0.39 is 0 Å². The Kier molecular flexibility index (Phi) is 2.88. The van der Waals surface area contributed by atoms with Gasteiger partial charge in [0.2, 0.25) is 6.33 Å². The topological polar surface area (TPSA) is 21.7 Å². The van der Waals surface area contributed by atoms with Gasteiger partial charge >= 0.3 is 0 Å². The van der Waals surface area contributed by atoms with E-state index in [1.165, 1.54) is 5.56 Å². The Balaban J connectivity index is 1.82. The molecular weight excluding hydrogens is 222 g/mol. The second-order valence-corrected chi connectivity index (χ2v) is 4.07. The maximum atomic E-state index is 4.29. The van der Waals surface area contributed by atoms with Crippen LogP contribution in [0.2, 0.25) is 0 Å². The first-order chi connectivity index (χ1) is 8.92. The molecule has 0 aliphatic carbocycles. The smallest absolute Gasteiger partial charge is 0.244 e. The lowest BCUT2D eigenvalue weighted by Crippen LogP contribution is -2.32. The molecule has 0 aliphatic heterocycles. The number of aromatic nitrogens is 3. The van der Waals surface area contributed by atoms with E-state index in [1.807, 2.05) is 57.9 Å². The number of rotatable bonds is 3. The lowest BCUT2D eigenvalue weighted by molar-refractivity contribution is -0.691. The summed E-state index contributed by atoms with van der Waals surface area (Å²) in [5, 5.41) is 0. The van der Waals surface area contributed by atoms with Crippen LogP contribution >= 0.6 is 0 Å². The molecule has 0 saturated carbocycles. The molecule has 2 aromatic heterocycles. The summed E-state index contributed by atoms with van der Waals surface area (Å²) in [5.41, 5.74) is 1.26. The summed E-state index contributed by atoms with van der Waals surface area (Å²) in [6, 6.07) is 16.2. The summed E-state index contributed by atoms with van der Waals surface area (Å²) in [6.45, 7) is 0.820. The molecule has 0 spiro atoms. The number of hydrogen-bond acceptors (Lipinski definition) is 1. The predicted octanol–water partition coefficient (Wildman–Crippen LogP) is 2.01. The van der Waals surface area contributed by atoms with Crippen LogP contribution in [0.25, 0.3) is 5.82 Å². The zero-order valence-corrected chi connectivity index (χ0v) is 9.90. The van der Waals surface area contributed by atoms with Crippen molar-refractivity contribution in [3.63, 3.8) is 0 Å². The largest absolute Gasteiger partial charge is 0.316 e. The highest BCUT2D eigenvalue weighted by Crippen LogP contribution is 2.01. The molecule has 18 heavy (non-hydrogen) atoms. The van der Waals surface area contributed by atoms with E-state index in [0.29, 0.717) is 0 Å². The minimum absolute atomic E-state index is 0.820. The summed E-state index contributed by atoms with van der Waals surface area (Å²) in [4.78, 5) is 4.29. The fourth-order valence-electron chi connectivity index (χ4n) is 1.84. The molecule has 1 aromatic carbocycles. The van der Waals surface area contributed by atoms with Gasteiger partial charge in [-0.3, -0.25) is 4.98 Å². The van der Waals surface area contributed by atoms with Crippen molar-refractivity contribution in [2.24, 2.45) is 0 Å². The molecule has 0 N–H and O–H groups in total. The Bertz CT molecular complexity index is 615. The molecule has 0 amide bonds. The molecule has 0 fully saturated rings. The van der Waals surface area contributed by atoms with Gasteiger partial charge in [-0.15, -0.1) is 0 Å². The van der Waals surface area contributed by atoms with Crippen LogP contribution in [0.3, 0.4) is 0 Å². The van der Waals surface area contributed by atoms with Crippen LogP contribution in [0.5, 0.6) is 0 Å². The van der Waals surface area contributed by atoms with Crippen LogP contribution in [0, 0.1) is 6.33 Å². The highest BCUT2D eigenvalue weighted by molar-refractivity contribution is 5.19. The molecule has 88 valence electrons. The van der Waals surface area contributed by atoms with Gasteiger partial charge in [-0.2, -0.15) is 0 Å². The van der Waals surface area contributed by atoms with E-state index in [1.54, 1.807) is 6.20 Å². The number of pyridine rings is 1. The van der Waals surface area contributed by atoms with Crippen molar-refractivity contribution in [1.29, 1.82) is 0 Å². The Hall–Kier alpha value is -2.42. The second-order valence-electron chi connectivity index (χ2n) is 4.07. The number of hydrogen-bond donors (Lipinski definition) is 0. The van der Waals surface area contributed by atoms with Crippen molar-refractivity contribution in [2.75, 3.05) is 0 Å². The van der Waals surface area contributed by atoms with Gasteiger partial charge in [0.15, 0.2) is 0 Å². The third kappa shape index (κ3) is 2.30. The van der Waals surface area contributed by atoms with Crippen LogP contribution in [0.1, 0.15) is 5.56 Å². The maximum Gasteiger partial charge on any atom is 0.244 e. The molecular formula is C15H13N3. The van der Waals surface area contributed by atoms with E-state index >= 15 is 0 Å². The monoisotopic (exact) mass is 235 g/mol. The third-order valence-electron chi connectivity index (χ3n) is 2.72. The Morgan fingerprint density at radius 2 is 1.89 bits per heavy atom. The fraction of sp³-hybridized carbons (Fsp3) is 0.0667. The van der Waals surface area contributed by atoms with Crippen LogP contribution in [0.15, 0.2) is 67.1 Å². The predicted molar refractivity (Wildman–Crippen MR) is 68.1 cm³/mol. The average molecular weight is 235 g/mol. The van der Waals surface area contributed by atoms with E-state index in [4.69, 9.17) is 0 Å². The first kappa shape index (κ1) is 10.7. The van der Waals surface area contributed by atoms with Gasteiger partial charge < -0.3 is 9.13 Å². The zero-order valence-electron chi connectivity index (χ0n) is 9.90. The maximum absolute atomic E-state index is 4.29. The molecule has 3 aromatic rings. The van der Waals surface area contributed by atoms with Crippen molar-refractivity contribution in [3.8, 4) is 5.82 Å². The van der Waals surface area contributed by atoms with Gasteiger partial charge in [0.05, 0.1) is 6.54 Å². The molecule has 3 nitrogen and oxygen atoms in total. The molecule has 0 saturated heterocycles. The SMILES string of the molecule is [c-]1n(-c2ccccn2)cc[n+]1Cc1ccccc1. The van der Waals surface area contributed by atoms with Crippen LogP contribution in [-0.4, -0.2) is 9.55 Å². The van der Waals surface area contributed by atoms with Gasteiger partial charge in [0.1, 0.15) is 5.82 Å². The first-order valence-electron chi connectivity index (χ1n) is 5.87. The van der Waals surface area contributed by atoms with Gasteiger partial charge in [-0.05, 0) is 17.7 Å². The molecule has 0 unspecified atom stereocenters. The summed E-state index contributed by atoms with van der Waals surface area (Å²) in [7, 11) is 0. The molecule has 3 heteroatoms. The molecule has 0 bridgehead atoms. The van der Waals surface area contributed by atoms with Crippen LogP contribution in [-0.2, 0) is 6.54 Å². The van der Waals surface area contributed by atoms with Crippen molar-refractivity contribution in [2.45, 2.75) is 6.54 Å². The molecule has 3 rings (SSSR count). The summed E-state index contributed by atoms with van der Waals surface area (Å²) >= 11 is 0. The molecule has 0 atom stereocenters. The van der Waals surface area contributed by atoms with E-state index in [9.17, 15) is 0 Å². The normalized spacial score (nSPS) is 10.4. The van der Waals surface area contributed by atoms with Crippen LogP contribution < -0.4 is 4.57 Å². The van der Waals surface area contributed by atoms with Crippen molar-refractivity contribution in [1.82, 2.24) is 9.55 Å². The van der Waals surface area contributed by atoms with Crippen molar-refractivity contribution >= 4 is 0 Å². The van der Waals surface area contributed by atoms with Crippen molar-refractivity contribution in [3.05, 3.63) is 79.0 Å². The van der Waals surface area contributed by atoms with E-state index in [0.717, 1.165) is 12.4 Å². The Morgan fingerprint density at radius 3 is 2.67 bits per heavy atom. The Labute approximate surface area is 106 Å². The number of nitrogens with zero attached hydrogens (tertiary/aromatic N) is 3. The highest BCUT2D eigenvalue weighted by atomic mass is 15.1. The third-order valence-corrected chi connectivity index (χ3v) is 2.72. The second kappa shape index (κ2) is 4.84. The quantitative estimate of drug-likeness (QED) is 0.502. The minimum atomic E-state index is 0.820. The Morgan fingerprint density at radius 1 is 1.06 bits per heavy atom. The summed E-state index contributed by atoms with van der Waals surface area (Å²) < 4.78 is 3.91. The molecule has 0 aliphatic rings. The van der Waals surface area contributed by atoms with Gasteiger partial charge in [0, 0.05) is 18.6 Å². The van der Waals surface area contributed by atoms with Gasteiger partial charge in [-0.1, -0.05) is 36.4 Å². The average Bonchev–Trinajstić information content (AvgIpc) is 2.89. The number of benzene rings is 1. The summed E-state index contributed by atoms with van der Waals surface area (Å²) in [5.74, 6) is 0.879. The first-order valence-corrected chi connectivity index (χ1v) is 5.87. The van der Waals surface area contributed by atoms with Crippen molar-refractivity contribution < 1.29 is 4.57 Å². The fourth-order valence-corrected chi connectivity index (χ4v) is 1.84. The standard InChI is InChI=1S/C15H13N3/c1-2-6-14(7-3-1)12-17-10-11-18(13-17)15-8-4-5-9-16-15/h1-11H,12H2. The molecule has 2 heterocycles. The van der Waals surface area contributed by atoms with Crippen LogP contribution in [0.4, 0.5) is 0 Å². The zero-order chi connectivity index (χ0) is 12.2. The minimum Gasteiger partial charge on any atom is -0.316 e. The molecule has 0 radical (unpaired) electrons. The van der Waals surface area contributed by atoms with E-state index in [2.05, 4.69) is 23.4 Å². The highest BCUT2D eigenvalue weighted by Gasteiger charge is 2.00. The van der Waals surface area contributed by atoms with Gasteiger partial charge in [-0.25, -0.2) is 0 Å².